The third-order valence-electron chi connectivity index (χ3n) is 4.76. The Labute approximate surface area is 191 Å². The van der Waals surface area contributed by atoms with Crippen molar-refractivity contribution >= 4 is 23.7 Å². The average molecular weight is 459 g/mol. The van der Waals surface area contributed by atoms with Gasteiger partial charge in [-0.2, -0.15) is 0 Å². The number of esters is 3. The maximum atomic E-state index is 10.6. The number of Topliss-reactive ketones (excluding diaryl/α,β-unsaturated/α-hetero) is 1. The molecule has 184 valence electrons. The maximum absolute atomic E-state index is 10.6. The van der Waals surface area contributed by atoms with Crippen LogP contribution in [0.5, 0.6) is 0 Å². The summed E-state index contributed by atoms with van der Waals surface area (Å²) in [6, 6.07) is 0. The van der Waals surface area contributed by atoms with Gasteiger partial charge < -0.3 is 18.9 Å². The number of ether oxygens (including phenoxy) is 4. The van der Waals surface area contributed by atoms with Gasteiger partial charge >= 0.3 is 29.2 Å². The van der Waals surface area contributed by atoms with Crippen molar-refractivity contribution in [2.24, 2.45) is 5.92 Å². The summed E-state index contributed by atoms with van der Waals surface area (Å²) in [6.07, 6.45) is 6.23. The summed E-state index contributed by atoms with van der Waals surface area (Å²) in [5.41, 5.74) is 0. The van der Waals surface area contributed by atoms with Crippen LogP contribution in [0.2, 0.25) is 0 Å². The molecule has 0 spiro atoms. The molecule has 0 aliphatic carbocycles. The van der Waals surface area contributed by atoms with Crippen molar-refractivity contribution in [1.29, 1.82) is 0 Å². The van der Waals surface area contributed by atoms with Gasteiger partial charge in [0.15, 0.2) is 0 Å². The zero-order chi connectivity index (χ0) is 25.1. The van der Waals surface area contributed by atoms with E-state index in [1.54, 1.807) is 14.0 Å². The molecule has 0 aromatic heterocycles. The first-order valence-corrected chi connectivity index (χ1v) is 11.0. The number of cyclic esters (lactones) is 3. The number of carbonyl (C=O) groups is 4. The number of carbonyl (C=O) groups excluding carboxylic acids is 4. The molecular weight excluding hydrogens is 420 g/mol. The topological polar surface area (TPSA) is 128 Å². The molecule has 9 heteroatoms. The van der Waals surface area contributed by atoms with Gasteiger partial charge in [-0.1, -0.05) is 27.7 Å². The van der Waals surface area contributed by atoms with Crippen LogP contribution in [0.15, 0.2) is 0 Å². The van der Waals surface area contributed by atoms with Gasteiger partial charge in [-0.15, -0.1) is 0 Å². The second kappa shape index (κ2) is 19.6. The van der Waals surface area contributed by atoms with E-state index in [2.05, 4.69) is 23.0 Å². The van der Waals surface area contributed by atoms with Crippen LogP contribution in [0.3, 0.4) is 0 Å². The molecule has 0 bridgehead atoms. The van der Waals surface area contributed by atoms with Crippen LogP contribution in [0.25, 0.3) is 0 Å². The quantitative estimate of drug-likeness (QED) is 0.187. The molecule has 9 nitrogen and oxygen atoms in total. The third-order valence-corrected chi connectivity index (χ3v) is 4.76. The Kier molecular flexibility index (Phi) is 19.7. The predicted molar refractivity (Wildman–Crippen MR) is 115 cm³/mol. The van der Waals surface area contributed by atoms with Gasteiger partial charge in [0.05, 0.1) is 37.6 Å². The fourth-order valence-corrected chi connectivity index (χ4v) is 2.44. The Morgan fingerprint density at radius 3 is 1.69 bits per heavy atom. The Hall–Kier alpha value is -2.06. The molecule has 4 atom stereocenters. The van der Waals surface area contributed by atoms with Crippen LogP contribution < -0.4 is 0 Å². The van der Waals surface area contributed by atoms with E-state index in [9.17, 15) is 19.2 Å². The zero-order valence-electron chi connectivity index (χ0n) is 20.1. The molecule has 0 saturated carbocycles. The summed E-state index contributed by atoms with van der Waals surface area (Å²) in [5, 5.41) is 0. The van der Waals surface area contributed by atoms with Crippen molar-refractivity contribution < 1.29 is 42.8 Å². The number of hydrogen-bond donors (Lipinski definition) is 0. The predicted octanol–water partition coefficient (Wildman–Crippen LogP) is 3.35. The fraction of sp³-hybridized carbons (Fsp3) is 0.783. The van der Waals surface area contributed by atoms with Crippen molar-refractivity contribution in [3.8, 4) is 0 Å². The number of ketones is 1. The van der Waals surface area contributed by atoms with Crippen molar-refractivity contribution in [3.63, 3.8) is 0 Å². The second-order valence-corrected chi connectivity index (χ2v) is 7.36. The average Bonchev–Trinajstić information content (AvgIpc) is 3.55. The van der Waals surface area contributed by atoms with E-state index >= 15 is 0 Å². The van der Waals surface area contributed by atoms with Crippen molar-refractivity contribution in [1.82, 2.24) is 0 Å². The first-order valence-electron chi connectivity index (χ1n) is 11.0. The molecule has 3 fully saturated rings. The van der Waals surface area contributed by atoms with Crippen LogP contribution in [-0.4, -0.2) is 55.7 Å². The van der Waals surface area contributed by atoms with Crippen LogP contribution >= 0.6 is 0 Å². The molecule has 3 aliphatic heterocycles. The molecule has 0 amide bonds. The number of methoxy groups -OCH3 is 1. The minimum atomic E-state index is -0.383. The first kappa shape index (κ1) is 32.1. The van der Waals surface area contributed by atoms with E-state index in [0.717, 1.165) is 19.4 Å². The summed E-state index contributed by atoms with van der Waals surface area (Å²) in [6.45, 7) is 15.1. The monoisotopic (exact) mass is 458 g/mol. The molecule has 4 unspecified atom stereocenters. The van der Waals surface area contributed by atoms with E-state index in [1.165, 1.54) is 6.42 Å². The summed E-state index contributed by atoms with van der Waals surface area (Å²) in [5.74, 6) is -0.762. The van der Waals surface area contributed by atoms with Crippen LogP contribution in [0, 0.1) is 12.6 Å². The summed E-state index contributed by atoms with van der Waals surface area (Å²) < 4.78 is 26.3. The van der Waals surface area contributed by atoms with Gasteiger partial charge in [0.2, 0.25) is 0 Å². The van der Waals surface area contributed by atoms with Crippen molar-refractivity contribution in [2.75, 3.05) is 13.7 Å². The van der Waals surface area contributed by atoms with Gasteiger partial charge in [-0.25, -0.2) is 0 Å². The molecular formula is C23H38O9. The van der Waals surface area contributed by atoms with Gasteiger partial charge in [0.25, 0.3) is 0 Å². The number of hydrogen-bond acceptors (Lipinski definition) is 8. The number of epoxide rings is 1. The third kappa shape index (κ3) is 16.6. The molecule has 3 saturated heterocycles. The Bertz CT molecular complexity index is 569. The van der Waals surface area contributed by atoms with Gasteiger partial charge in [0.1, 0.15) is 11.9 Å². The van der Waals surface area contributed by atoms with Crippen LogP contribution in [0.1, 0.15) is 79.6 Å². The van der Waals surface area contributed by atoms with E-state index in [0.29, 0.717) is 25.4 Å². The summed E-state index contributed by atoms with van der Waals surface area (Å²) in [7, 11) is 1.64. The fourth-order valence-electron chi connectivity index (χ4n) is 2.44. The molecule has 3 heterocycles. The van der Waals surface area contributed by atoms with Crippen molar-refractivity contribution in [3.05, 3.63) is 6.65 Å². The zero-order valence-corrected chi connectivity index (χ0v) is 20.1. The summed E-state index contributed by atoms with van der Waals surface area (Å²) in [4.78, 5) is 41.5. The van der Waals surface area contributed by atoms with Gasteiger partial charge in [-0.3, -0.25) is 19.2 Å². The standard InChI is InChI=1S/C7H14O2.C6H8O3.C5H8O2.C4H8O.CO/c1-4-7(9-3)5-6(2)8;1-2-4-3-5(7)9-6(4)8;1-2-4-3-5(6)7-4;1-2-4-3-5-4;1-2/h7H,4-5H2,1-3H3;4H,2-3H2,1H3;4H,2-3H2,1H3;4H,2-3H2,1H3;. The molecule has 0 N–H and O–H groups in total. The van der Waals surface area contributed by atoms with Crippen molar-refractivity contribution in [2.45, 2.75) is 97.9 Å². The Morgan fingerprint density at radius 2 is 1.56 bits per heavy atom. The molecule has 0 aromatic rings. The molecule has 0 aromatic carbocycles. The SMILES string of the molecule is CCC(CC(C)=O)OC.CCC1CC(=O)O1.CCC1CC(=O)OC1=O.CCC1CO1.[C-]#[O+]. The minimum absolute atomic E-state index is 0.0492. The van der Waals surface area contributed by atoms with E-state index in [1.807, 2.05) is 20.8 Å². The molecule has 32 heavy (non-hydrogen) atoms. The Morgan fingerprint density at radius 1 is 1.03 bits per heavy atom. The van der Waals surface area contributed by atoms with E-state index in [-0.39, 0.29) is 48.2 Å². The van der Waals surface area contributed by atoms with Gasteiger partial charge in [-0.05, 0) is 32.6 Å². The molecule has 3 rings (SSSR count). The first-order chi connectivity index (χ1) is 15.2. The normalized spacial score (nSPS) is 22.9. The summed E-state index contributed by atoms with van der Waals surface area (Å²) >= 11 is 0. The Balaban J connectivity index is 0. The molecule has 3 aliphatic rings. The second-order valence-electron chi connectivity index (χ2n) is 7.36. The van der Waals surface area contributed by atoms with E-state index in [4.69, 9.17) is 14.1 Å². The number of rotatable bonds is 7. The van der Waals surface area contributed by atoms with E-state index < -0.39 is 0 Å². The van der Waals surface area contributed by atoms with Crippen LogP contribution in [-0.2, 0) is 42.8 Å². The van der Waals surface area contributed by atoms with Crippen LogP contribution in [0.4, 0.5) is 0 Å². The van der Waals surface area contributed by atoms with Gasteiger partial charge in [0, 0.05) is 13.5 Å². The molecule has 0 radical (unpaired) electrons.